The van der Waals surface area contributed by atoms with E-state index >= 15 is 0 Å². The van der Waals surface area contributed by atoms with Crippen molar-refractivity contribution in [2.75, 3.05) is 11.0 Å². The summed E-state index contributed by atoms with van der Waals surface area (Å²) < 4.78 is 25.5. The summed E-state index contributed by atoms with van der Waals surface area (Å²) in [5.74, 6) is -0.0825. The third-order valence-electron chi connectivity index (χ3n) is 2.57. The van der Waals surface area contributed by atoms with Crippen LogP contribution in [0.4, 0.5) is 5.69 Å². The van der Waals surface area contributed by atoms with Crippen LogP contribution in [0.5, 0.6) is 0 Å². The zero-order valence-electron chi connectivity index (χ0n) is 10.6. The van der Waals surface area contributed by atoms with Crippen LogP contribution in [-0.4, -0.2) is 20.5 Å². The zero-order chi connectivity index (χ0) is 14.8. The van der Waals surface area contributed by atoms with Crippen LogP contribution in [0.1, 0.15) is 15.9 Å². The van der Waals surface area contributed by atoms with Gasteiger partial charge in [0.1, 0.15) is 0 Å². The van der Waals surface area contributed by atoms with Gasteiger partial charge in [0.05, 0.1) is 6.26 Å². The van der Waals surface area contributed by atoms with Crippen molar-refractivity contribution >= 4 is 44.1 Å². The number of nitrogens with one attached hydrogen (secondary N) is 1. The molecule has 2 aromatic carbocycles. The second kappa shape index (κ2) is 5.92. The first kappa shape index (κ1) is 15.0. The van der Waals surface area contributed by atoms with Gasteiger partial charge in [0.15, 0.2) is 5.78 Å². The molecule has 0 saturated heterocycles. The quantitative estimate of drug-likeness (QED) is 0.633. The lowest BCUT2D eigenvalue weighted by Gasteiger charge is -2.06. The maximum Gasteiger partial charge on any atom is 0.229 e. The van der Waals surface area contributed by atoms with E-state index in [1.165, 1.54) is 0 Å². The van der Waals surface area contributed by atoms with Crippen molar-refractivity contribution in [2.24, 2.45) is 0 Å². The molecule has 1 N–H and O–H groups in total. The number of benzene rings is 2. The Kier molecular flexibility index (Phi) is 4.44. The van der Waals surface area contributed by atoms with Crippen molar-refractivity contribution in [3.05, 3.63) is 63.2 Å². The third-order valence-corrected chi connectivity index (χ3v) is 4.12. The summed E-state index contributed by atoms with van der Waals surface area (Å²) in [7, 11) is -3.31. The number of hydrogen-bond acceptors (Lipinski definition) is 3. The monoisotopic (exact) mass is 401 g/mol. The Labute approximate surface area is 131 Å². The number of halogens is 1. The fourth-order valence-corrected chi connectivity index (χ4v) is 2.90. The summed E-state index contributed by atoms with van der Waals surface area (Å²) in [6, 6.07) is 13.7. The Bertz CT molecular complexity index is 739. The Hall–Kier alpha value is -1.41. The van der Waals surface area contributed by atoms with Crippen molar-refractivity contribution in [3.8, 4) is 0 Å². The van der Waals surface area contributed by atoms with Gasteiger partial charge >= 0.3 is 0 Å². The molecule has 0 aromatic heterocycles. The molecule has 4 nitrogen and oxygen atoms in total. The fourth-order valence-electron chi connectivity index (χ4n) is 1.70. The highest BCUT2D eigenvalue weighted by molar-refractivity contribution is 14.1. The maximum absolute atomic E-state index is 12.3. The highest BCUT2D eigenvalue weighted by Crippen LogP contribution is 2.18. The summed E-state index contributed by atoms with van der Waals surface area (Å²) in [5.41, 5.74) is 1.59. The molecule has 2 aromatic rings. The minimum absolute atomic E-state index is 0.0825. The van der Waals surface area contributed by atoms with Gasteiger partial charge in [-0.1, -0.05) is 12.1 Å². The average Bonchev–Trinajstić information content (AvgIpc) is 2.37. The van der Waals surface area contributed by atoms with Crippen LogP contribution in [0.15, 0.2) is 48.5 Å². The number of ketones is 1. The largest absolute Gasteiger partial charge is 0.289 e. The van der Waals surface area contributed by atoms with Crippen LogP contribution in [0, 0.1) is 3.57 Å². The normalized spacial score (nSPS) is 11.1. The lowest BCUT2D eigenvalue weighted by Crippen LogP contribution is -2.10. The molecule has 0 heterocycles. The Balaban J connectivity index is 2.27. The molecule has 0 unspecified atom stereocenters. The highest BCUT2D eigenvalue weighted by atomic mass is 127. The Morgan fingerprint density at radius 2 is 1.65 bits per heavy atom. The van der Waals surface area contributed by atoms with Crippen LogP contribution in [0.25, 0.3) is 0 Å². The molecule has 0 aliphatic heterocycles. The number of sulfonamides is 1. The first-order chi connectivity index (χ1) is 9.37. The molecule has 2 rings (SSSR count). The van der Waals surface area contributed by atoms with E-state index in [0.29, 0.717) is 16.8 Å². The predicted octanol–water partition coefficient (Wildman–Crippen LogP) is 2.89. The van der Waals surface area contributed by atoms with E-state index in [1.807, 2.05) is 18.2 Å². The van der Waals surface area contributed by atoms with E-state index in [4.69, 9.17) is 0 Å². The molecule has 6 heteroatoms. The molecule has 0 atom stereocenters. The summed E-state index contributed by atoms with van der Waals surface area (Å²) in [4.78, 5) is 12.3. The van der Waals surface area contributed by atoms with E-state index in [1.54, 1.807) is 30.3 Å². The van der Waals surface area contributed by atoms with E-state index < -0.39 is 10.0 Å². The van der Waals surface area contributed by atoms with Crippen molar-refractivity contribution in [1.29, 1.82) is 0 Å². The van der Waals surface area contributed by atoms with Gasteiger partial charge in [0.2, 0.25) is 10.0 Å². The van der Waals surface area contributed by atoms with Crippen molar-refractivity contribution < 1.29 is 13.2 Å². The average molecular weight is 401 g/mol. The van der Waals surface area contributed by atoms with E-state index in [0.717, 1.165) is 9.83 Å². The summed E-state index contributed by atoms with van der Waals surface area (Å²) >= 11 is 2.11. The summed E-state index contributed by atoms with van der Waals surface area (Å²) in [5, 5.41) is 0. The molecule has 0 amide bonds. The smallest absolute Gasteiger partial charge is 0.229 e. The van der Waals surface area contributed by atoms with E-state index in [2.05, 4.69) is 27.3 Å². The van der Waals surface area contributed by atoms with Gasteiger partial charge in [-0.05, 0) is 59.0 Å². The van der Waals surface area contributed by atoms with Crippen molar-refractivity contribution in [1.82, 2.24) is 0 Å². The minimum atomic E-state index is -3.31. The summed E-state index contributed by atoms with van der Waals surface area (Å²) in [6.45, 7) is 0. The molecule has 0 aliphatic rings. The van der Waals surface area contributed by atoms with Crippen molar-refractivity contribution in [3.63, 3.8) is 0 Å². The molecule has 0 bridgehead atoms. The molecule has 0 saturated carbocycles. The van der Waals surface area contributed by atoms with E-state index in [9.17, 15) is 13.2 Å². The second-order valence-electron chi connectivity index (χ2n) is 4.26. The Morgan fingerprint density at radius 3 is 2.20 bits per heavy atom. The molecular formula is C14H12INO3S. The first-order valence-corrected chi connectivity index (χ1v) is 8.71. The van der Waals surface area contributed by atoms with Crippen LogP contribution in [0.3, 0.4) is 0 Å². The molecule has 20 heavy (non-hydrogen) atoms. The van der Waals surface area contributed by atoms with Gasteiger partial charge in [-0.2, -0.15) is 0 Å². The van der Waals surface area contributed by atoms with Gasteiger partial charge in [-0.15, -0.1) is 0 Å². The molecule has 104 valence electrons. The SMILES string of the molecule is CS(=O)(=O)Nc1ccc(C(=O)c2ccccc2I)cc1. The van der Waals surface area contributed by atoms with E-state index in [-0.39, 0.29) is 5.78 Å². The minimum Gasteiger partial charge on any atom is -0.289 e. The van der Waals surface area contributed by atoms with Gasteiger partial charge in [0.25, 0.3) is 0 Å². The Morgan fingerprint density at radius 1 is 1.05 bits per heavy atom. The van der Waals surface area contributed by atoms with Gasteiger partial charge < -0.3 is 0 Å². The summed E-state index contributed by atoms with van der Waals surface area (Å²) in [6.07, 6.45) is 1.08. The first-order valence-electron chi connectivity index (χ1n) is 5.74. The lowest BCUT2D eigenvalue weighted by molar-refractivity contribution is 0.103. The lowest BCUT2D eigenvalue weighted by atomic mass is 10.0. The third kappa shape index (κ3) is 3.80. The van der Waals surface area contributed by atoms with Gasteiger partial charge in [0, 0.05) is 20.4 Å². The molecular weight excluding hydrogens is 389 g/mol. The highest BCUT2D eigenvalue weighted by Gasteiger charge is 2.12. The predicted molar refractivity (Wildman–Crippen MR) is 87.5 cm³/mol. The van der Waals surface area contributed by atoms with Crippen LogP contribution in [-0.2, 0) is 10.0 Å². The fraction of sp³-hybridized carbons (Fsp3) is 0.0714. The molecule has 0 aliphatic carbocycles. The van der Waals surface area contributed by atoms with Gasteiger partial charge in [-0.25, -0.2) is 8.42 Å². The van der Waals surface area contributed by atoms with Crippen LogP contribution in [0.2, 0.25) is 0 Å². The topological polar surface area (TPSA) is 63.2 Å². The van der Waals surface area contributed by atoms with Crippen molar-refractivity contribution in [2.45, 2.75) is 0 Å². The maximum atomic E-state index is 12.3. The van der Waals surface area contributed by atoms with Gasteiger partial charge in [-0.3, -0.25) is 9.52 Å². The number of hydrogen-bond donors (Lipinski definition) is 1. The second-order valence-corrected chi connectivity index (χ2v) is 7.17. The number of rotatable bonds is 4. The zero-order valence-corrected chi connectivity index (χ0v) is 13.6. The standard InChI is InChI=1S/C14H12INO3S/c1-20(18,19)16-11-8-6-10(7-9-11)14(17)12-4-2-3-5-13(12)15/h2-9,16H,1H3. The molecule has 0 spiro atoms. The number of carbonyl (C=O) groups excluding carboxylic acids is 1. The van der Waals surface area contributed by atoms with Crippen LogP contribution < -0.4 is 4.72 Å². The number of carbonyl (C=O) groups is 1. The molecule has 0 fully saturated rings. The molecule has 0 radical (unpaired) electrons. The van der Waals surface area contributed by atoms with Crippen LogP contribution >= 0.6 is 22.6 Å². The number of anilines is 1.